The molecule has 136 valence electrons. The lowest BCUT2D eigenvalue weighted by atomic mass is 10.1. The summed E-state index contributed by atoms with van der Waals surface area (Å²) in [5.41, 5.74) is 8.37. The van der Waals surface area contributed by atoms with E-state index in [4.69, 9.17) is 15.2 Å². The molecular weight excluding hydrogens is 322 g/mol. The lowest BCUT2D eigenvalue weighted by Gasteiger charge is -2.29. The lowest BCUT2D eigenvalue weighted by molar-refractivity contribution is -0.148. The highest BCUT2D eigenvalue weighted by Gasteiger charge is 2.37. The van der Waals surface area contributed by atoms with Gasteiger partial charge in [0.15, 0.2) is 0 Å². The van der Waals surface area contributed by atoms with Gasteiger partial charge >= 0.3 is 0 Å². The molecule has 3 N–H and O–H groups in total. The number of nitrogens with two attached hydrogens (primary N) is 1. The minimum atomic E-state index is -0.600. The predicted molar refractivity (Wildman–Crippen MR) is 93.0 cm³/mol. The Labute approximate surface area is 147 Å². The maximum Gasteiger partial charge on any atom is 0.253 e. The van der Waals surface area contributed by atoms with Gasteiger partial charge in [0, 0.05) is 25.3 Å². The Hall–Kier alpha value is -1.96. The molecule has 2 fully saturated rings. The van der Waals surface area contributed by atoms with Crippen LogP contribution in [-0.2, 0) is 25.6 Å². The van der Waals surface area contributed by atoms with Gasteiger partial charge in [-0.3, -0.25) is 9.59 Å². The predicted octanol–water partition coefficient (Wildman–Crippen LogP) is 0.799. The fourth-order valence-electron chi connectivity index (χ4n) is 3.27. The number of carbonyl (C=O) groups is 2. The van der Waals surface area contributed by atoms with E-state index in [0.717, 1.165) is 11.1 Å². The smallest absolute Gasteiger partial charge is 0.253 e. The van der Waals surface area contributed by atoms with Gasteiger partial charge in [0.25, 0.3) is 11.8 Å². The van der Waals surface area contributed by atoms with Crippen molar-refractivity contribution in [2.75, 3.05) is 31.6 Å². The SMILES string of the molecule is Cc1cc(CN)cc(NC(=O)[C@@H]2CC[C@H](C(=O)N3CCOCC3)O2)c1. The van der Waals surface area contributed by atoms with Crippen molar-refractivity contribution in [3.63, 3.8) is 0 Å². The van der Waals surface area contributed by atoms with E-state index in [-0.39, 0.29) is 11.8 Å². The van der Waals surface area contributed by atoms with Gasteiger partial charge in [0.05, 0.1) is 13.2 Å². The Morgan fingerprint density at radius 3 is 2.64 bits per heavy atom. The van der Waals surface area contributed by atoms with Crippen LogP contribution in [0.4, 0.5) is 5.69 Å². The monoisotopic (exact) mass is 347 g/mol. The van der Waals surface area contributed by atoms with Crippen molar-refractivity contribution in [1.29, 1.82) is 0 Å². The molecule has 1 aromatic carbocycles. The summed E-state index contributed by atoms with van der Waals surface area (Å²) in [6, 6.07) is 5.73. The molecule has 2 atom stereocenters. The van der Waals surface area contributed by atoms with E-state index in [0.29, 0.717) is 51.4 Å². The zero-order chi connectivity index (χ0) is 17.8. The molecule has 25 heavy (non-hydrogen) atoms. The fourth-order valence-corrected chi connectivity index (χ4v) is 3.27. The molecule has 0 aromatic heterocycles. The van der Waals surface area contributed by atoms with E-state index in [1.807, 2.05) is 25.1 Å². The molecule has 0 aliphatic carbocycles. The summed E-state index contributed by atoms with van der Waals surface area (Å²) in [6.07, 6.45) is -0.0269. The number of amides is 2. The summed E-state index contributed by atoms with van der Waals surface area (Å²) >= 11 is 0. The molecule has 7 nitrogen and oxygen atoms in total. The maximum atomic E-state index is 12.5. The molecule has 0 spiro atoms. The van der Waals surface area contributed by atoms with Crippen LogP contribution in [0, 0.1) is 6.92 Å². The van der Waals surface area contributed by atoms with Crippen molar-refractivity contribution < 1.29 is 19.1 Å². The Balaban J connectivity index is 1.57. The summed E-state index contributed by atoms with van der Waals surface area (Å²) in [5, 5.41) is 2.87. The average molecular weight is 347 g/mol. The summed E-state index contributed by atoms with van der Waals surface area (Å²) in [5.74, 6) is -0.259. The van der Waals surface area contributed by atoms with Crippen molar-refractivity contribution >= 4 is 17.5 Å². The van der Waals surface area contributed by atoms with Crippen LogP contribution in [0.15, 0.2) is 18.2 Å². The van der Waals surface area contributed by atoms with E-state index in [1.165, 1.54) is 0 Å². The number of hydrogen-bond acceptors (Lipinski definition) is 5. The van der Waals surface area contributed by atoms with E-state index in [1.54, 1.807) is 4.90 Å². The first-order valence-corrected chi connectivity index (χ1v) is 8.70. The van der Waals surface area contributed by atoms with Crippen molar-refractivity contribution in [3.05, 3.63) is 29.3 Å². The molecule has 0 unspecified atom stereocenters. The highest BCUT2D eigenvalue weighted by Crippen LogP contribution is 2.24. The van der Waals surface area contributed by atoms with Crippen LogP contribution in [0.3, 0.4) is 0 Å². The molecule has 2 saturated heterocycles. The average Bonchev–Trinajstić information content (AvgIpc) is 3.11. The largest absolute Gasteiger partial charge is 0.378 e. The molecule has 0 saturated carbocycles. The second-order valence-corrected chi connectivity index (χ2v) is 6.53. The number of morpholine rings is 1. The Morgan fingerprint density at radius 2 is 1.92 bits per heavy atom. The molecular formula is C18H25N3O4. The quantitative estimate of drug-likeness (QED) is 0.840. The van der Waals surface area contributed by atoms with Crippen molar-refractivity contribution in [2.24, 2.45) is 5.73 Å². The summed E-state index contributed by atoms with van der Waals surface area (Å²) in [6.45, 7) is 4.65. The summed E-state index contributed by atoms with van der Waals surface area (Å²) < 4.78 is 11.0. The molecule has 2 amide bonds. The zero-order valence-electron chi connectivity index (χ0n) is 14.5. The number of nitrogens with one attached hydrogen (secondary N) is 1. The summed E-state index contributed by atoms with van der Waals surface area (Å²) in [4.78, 5) is 26.7. The molecule has 2 aliphatic rings. The van der Waals surface area contributed by atoms with Crippen molar-refractivity contribution in [2.45, 2.75) is 38.5 Å². The first-order valence-electron chi connectivity index (χ1n) is 8.70. The van der Waals surface area contributed by atoms with Crippen LogP contribution in [0.2, 0.25) is 0 Å². The number of anilines is 1. The first-order chi connectivity index (χ1) is 12.1. The van der Waals surface area contributed by atoms with Gasteiger partial charge in [-0.1, -0.05) is 6.07 Å². The number of ether oxygens (including phenoxy) is 2. The van der Waals surface area contributed by atoms with Crippen LogP contribution < -0.4 is 11.1 Å². The molecule has 1 aromatic rings. The van der Waals surface area contributed by atoms with Gasteiger partial charge in [0.1, 0.15) is 12.2 Å². The fraction of sp³-hybridized carbons (Fsp3) is 0.556. The maximum absolute atomic E-state index is 12.5. The minimum Gasteiger partial charge on any atom is -0.378 e. The van der Waals surface area contributed by atoms with Crippen molar-refractivity contribution in [3.8, 4) is 0 Å². The Morgan fingerprint density at radius 1 is 1.20 bits per heavy atom. The topological polar surface area (TPSA) is 93.9 Å². The number of benzene rings is 1. The lowest BCUT2D eigenvalue weighted by Crippen LogP contribution is -2.46. The van der Waals surface area contributed by atoms with E-state index in [9.17, 15) is 9.59 Å². The Kier molecular flexibility index (Phi) is 5.67. The van der Waals surface area contributed by atoms with E-state index >= 15 is 0 Å². The minimum absolute atomic E-state index is 0.0421. The third-order valence-electron chi connectivity index (χ3n) is 4.55. The third-order valence-corrected chi connectivity index (χ3v) is 4.55. The third kappa shape index (κ3) is 4.36. The van der Waals surface area contributed by atoms with Gasteiger partial charge in [0.2, 0.25) is 0 Å². The number of aryl methyl sites for hydroxylation is 1. The molecule has 7 heteroatoms. The van der Waals surface area contributed by atoms with E-state index in [2.05, 4.69) is 5.32 Å². The van der Waals surface area contributed by atoms with Gasteiger partial charge in [-0.25, -0.2) is 0 Å². The normalized spacial score (nSPS) is 23.5. The molecule has 3 rings (SSSR count). The van der Waals surface area contributed by atoms with Crippen LogP contribution in [0.25, 0.3) is 0 Å². The van der Waals surface area contributed by atoms with Crippen LogP contribution >= 0.6 is 0 Å². The van der Waals surface area contributed by atoms with Crippen LogP contribution in [0.1, 0.15) is 24.0 Å². The zero-order valence-corrected chi connectivity index (χ0v) is 14.5. The second-order valence-electron chi connectivity index (χ2n) is 6.53. The van der Waals surface area contributed by atoms with Gasteiger partial charge < -0.3 is 25.4 Å². The number of hydrogen-bond donors (Lipinski definition) is 2. The van der Waals surface area contributed by atoms with Gasteiger partial charge in [-0.05, 0) is 43.0 Å². The second kappa shape index (κ2) is 7.95. The number of carbonyl (C=O) groups excluding carboxylic acids is 2. The molecule has 2 aliphatic heterocycles. The molecule has 0 radical (unpaired) electrons. The van der Waals surface area contributed by atoms with Gasteiger partial charge in [-0.15, -0.1) is 0 Å². The van der Waals surface area contributed by atoms with Crippen LogP contribution in [-0.4, -0.2) is 55.2 Å². The Bertz CT molecular complexity index is 643. The van der Waals surface area contributed by atoms with E-state index < -0.39 is 12.2 Å². The summed E-state index contributed by atoms with van der Waals surface area (Å²) in [7, 11) is 0. The standard InChI is InChI=1S/C18H25N3O4/c1-12-8-13(11-19)10-14(9-12)20-17(22)15-2-3-16(25-15)18(23)21-4-6-24-7-5-21/h8-10,15-16H,2-7,11,19H2,1H3,(H,20,22)/t15-,16+/m0/s1. The number of rotatable bonds is 4. The number of nitrogens with zero attached hydrogens (tertiary/aromatic N) is 1. The van der Waals surface area contributed by atoms with Gasteiger partial charge in [-0.2, -0.15) is 0 Å². The van der Waals surface area contributed by atoms with Crippen LogP contribution in [0.5, 0.6) is 0 Å². The highest BCUT2D eigenvalue weighted by molar-refractivity contribution is 5.95. The molecule has 2 heterocycles. The molecule has 0 bridgehead atoms. The first kappa shape index (κ1) is 17.8. The van der Waals surface area contributed by atoms with Crippen molar-refractivity contribution in [1.82, 2.24) is 4.90 Å². The highest BCUT2D eigenvalue weighted by atomic mass is 16.5.